The number of fused-ring (bicyclic) bond motifs is 1. The number of amides is 2. The van der Waals surface area contributed by atoms with Gasteiger partial charge in [-0.25, -0.2) is 9.97 Å². The average Bonchev–Trinajstić information content (AvgIpc) is 3.29. The zero-order valence-electron chi connectivity index (χ0n) is 26.5. The highest BCUT2D eigenvalue weighted by molar-refractivity contribution is 6.31. The molecule has 2 N–H and O–H groups in total. The van der Waals surface area contributed by atoms with E-state index in [1.807, 2.05) is 43.0 Å². The number of likely N-dealkylation sites (tertiary alicyclic amines) is 1. The third-order valence-electron chi connectivity index (χ3n) is 9.50. The molecule has 1 aromatic heterocycles. The summed E-state index contributed by atoms with van der Waals surface area (Å²) in [4.78, 5) is 41.4. The fraction of sp³-hybridized carbons (Fsp3) is 0.471. The number of carbonyl (C=O) groups excluding carboxylic acids is 2. The Morgan fingerprint density at radius 2 is 1.84 bits per heavy atom. The molecule has 0 radical (unpaired) electrons. The molecule has 3 aliphatic rings. The molecule has 4 heterocycles. The molecule has 2 amide bonds. The van der Waals surface area contributed by atoms with Gasteiger partial charge in [0.15, 0.2) is 0 Å². The van der Waals surface area contributed by atoms with Gasteiger partial charge in [0, 0.05) is 49.5 Å². The highest BCUT2D eigenvalue weighted by atomic mass is 35.5. The van der Waals surface area contributed by atoms with Crippen molar-refractivity contribution < 1.29 is 14.3 Å². The number of ether oxygens (including phenoxy) is 1. The smallest absolute Gasteiger partial charge is 0.234 e. The van der Waals surface area contributed by atoms with Crippen molar-refractivity contribution in [2.24, 2.45) is 5.92 Å². The normalized spacial score (nSPS) is 18.5. The van der Waals surface area contributed by atoms with Crippen molar-refractivity contribution in [2.75, 3.05) is 69.0 Å². The average molecular weight is 632 g/mol. The number of halogens is 1. The number of hydrogen-bond donors (Lipinski definition) is 2. The molecule has 0 bridgehead atoms. The first-order chi connectivity index (χ1) is 21.6. The monoisotopic (exact) mass is 631 g/mol. The summed E-state index contributed by atoms with van der Waals surface area (Å²) in [6.45, 7) is 8.91. The molecule has 45 heavy (non-hydrogen) atoms. The van der Waals surface area contributed by atoms with Gasteiger partial charge in [0.2, 0.25) is 17.8 Å². The van der Waals surface area contributed by atoms with E-state index in [9.17, 15) is 9.59 Å². The van der Waals surface area contributed by atoms with Gasteiger partial charge in [0.25, 0.3) is 0 Å². The van der Waals surface area contributed by atoms with Crippen LogP contribution in [-0.2, 0) is 27.8 Å². The maximum Gasteiger partial charge on any atom is 0.234 e. The summed E-state index contributed by atoms with van der Waals surface area (Å²) in [6.07, 6.45) is 4.80. The minimum Gasteiger partial charge on any atom is -0.494 e. The number of piperidine rings is 1. The van der Waals surface area contributed by atoms with Crippen LogP contribution >= 0.6 is 11.6 Å². The van der Waals surface area contributed by atoms with Gasteiger partial charge in [-0.2, -0.15) is 0 Å². The third kappa shape index (κ3) is 6.44. The van der Waals surface area contributed by atoms with E-state index in [1.54, 1.807) is 13.3 Å². The van der Waals surface area contributed by atoms with E-state index in [-0.39, 0.29) is 11.8 Å². The van der Waals surface area contributed by atoms with Crippen LogP contribution in [0.15, 0.2) is 42.6 Å². The van der Waals surface area contributed by atoms with E-state index < -0.39 is 5.41 Å². The number of nitrogens with zero attached hydrogens (tertiary/aromatic N) is 5. The lowest BCUT2D eigenvalue weighted by molar-refractivity contribution is -0.137. The van der Waals surface area contributed by atoms with Crippen LogP contribution in [0.5, 0.6) is 5.75 Å². The van der Waals surface area contributed by atoms with Crippen LogP contribution < -0.4 is 20.3 Å². The standard InChI is InChI=1S/C34H42ClN7O3/c1-34(2)30-22(6-5-7-28(30)37-32(34)44)8-10-26-25(35)21-36-33(38-26)39-27-11-9-24(20-29(27)45-4)41-16-18-42(19-17-41)31(43)23-12-14-40(3)15-13-23/h5-7,9,11,20-21,23H,8,10,12-19H2,1-4H3,(H,37,44)(H,36,38,39). The van der Waals surface area contributed by atoms with Gasteiger partial charge in [-0.05, 0) is 89.0 Å². The van der Waals surface area contributed by atoms with E-state index in [1.165, 1.54) is 0 Å². The third-order valence-corrected chi connectivity index (χ3v) is 9.81. The highest BCUT2D eigenvalue weighted by Crippen LogP contribution is 2.40. The maximum atomic E-state index is 13.1. The predicted octanol–water partition coefficient (Wildman–Crippen LogP) is 4.89. The van der Waals surface area contributed by atoms with Crippen LogP contribution in [0.4, 0.5) is 23.0 Å². The number of hydrogen-bond acceptors (Lipinski definition) is 8. The Morgan fingerprint density at radius 3 is 2.58 bits per heavy atom. The fourth-order valence-corrected chi connectivity index (χ4v) is 6.92. The highest BCUT2D eigenvalue weighted by Gasteiger charge is 2.40. The number of aryl methyl sites for hydroxylation is 2. The lowest BCUT2D eigenvalue weighted by atomic mass is 9.82. The molecule has 2 aromatic carbocycles. The number of rotatable bonds is 8. The van der Waals surface area contributed by atoms with Gasteiger partial charge >= 0.3 is 0 Å². The van der Waals surface area contributed by atoms with Gasteiger partial charge in [-0.3, -0.25) is 9.59 Å². The van der Waals surface area contributed by atoms with Gasteiger partial charge in [0.05, 0.1) is 35.1 Å². The maximum absolute atomic E-state index is 13.1. The van der Waals surface area contributed by atoms with Crippen molar-refractivity contribution in [2.45, 2.75) is 44.9 Å². The first-order valence-corrected chi connectivity index (χ1v) is 16.1. The second-order valence-electron chi connectivity index (χ2n) is 12.8. The Balaban J connectivity index is 1.10. The topological polar surface area (TPSA) is 103 Å². The first-order valence-electron chi connectivity index (χ1n) is 15.8. The Morgan fingerprint density at radius 1 is 1.09 bits per heavy atom. The van der Waals surface area contributed by atoms with E-state index in [0.717, 1.165) is 86.0 Å². The molecule has 10 nitrogen and oxygen atoms in total. The molecular formula is C34H42ClN7O3. The molecule has 2 saturated heterocycles. The van der Waals surface area contributed by atoms with Crippen molar-refractivity contribution in [3.8, 4) is 5.75 Å². The van der Waals surface area contributed by atoms with Crippen molar-refractivity contribution >= 4 is 46.4 Å². The van der Waals surface area contributed by atoms with Gasteiger partial charge in [-0.1, -0.05) is 23.7 Å². The fourth-order valence-electron chi connectivity index (χ4n) is 6.73. The second kappa shape index (κ2) is 12.8. The minimum absolute atomic E-state index is 0.0110. The van der Waals surface area contributed by atoms with Crippen molar-refractivity contribution in [1.29, 1.82) is 0 Å². The van der Waals surface area contributed by atoms with Gasteiger partial charge in [0.1, 0.15) is 5.75 Å². The lowest BCUT2D eigenvalue weighted by Crippen LogP contribution is -2.51. The number of anilines is 4. The zero-order valence-corrected chi connectivity index (χ0v) is 27.3. The number of nitrogens with one attached hydrogen (secondary N) is 2. The Hall–Kier alpha value is -3.89. The number of aromatic nitrogens is 2. The molecular weight excluding hydrogens is 590 g/mol. The van der Waals surface area contributed by atoms with E-state index in [2.05, 4.69) is 44.6 Å². The summed E-state index contributed by atoms with van der Waals surface area (Å²) < 4.78 is 5.75. The second-order valence-corrected chi connectivity index (χ2v) is 13.2. The molecule has 3 aromatic rings. The summed E-state index contributed by atoms with van der Waals surface area (Å²) in [5.74, 6) is 1.58. The molecule has 0 saturated carbocycles. The molecule has 238 valence electrons. The van der Waals surface area contributed by atoms with E-state index >= 15 is 0 Å². The largest absolute Gasteiger partial charge is 0.494 e. The molecule has 0 aliphatic carbocycles. The van der Waals surface area contributed by atoms with Crippen LogP contribution in [0.1, 0.15) is 43.5 Å². The number of carbonyl (C=O) groups is 2. The van der Waals surface area contributed by atoms with Crippen molar-refractivity contribution in [3.63, 3.8) is 0 Å². The molecule has 0 atom stereocenters. The molecule has 0 unspecified atom stereocenters. The van der Waals surface area contributed by atoms with Crippen molar-refractivity contribution in [3.05, 3.63) is 64.4 Å². The van der Waals surface area contributed by atoms with Gasteiger partial charge < -0.3 is 30.1 Å². The molecule has 11 heteroatoms. The Labute approximate surface area is 270 Å². The van der Waals surface area contributed by atoms with Crippen LogP contribution in [-0.4, -0.2) is 85.0 Å². The van der Waals surface area contributed by atoms with Crippen LogP contribution in [0, 0.1) is 5.92 Å². The summed E-state index contributed by atoms with van der Waals surface area (Å²) in [5.41, 5.74) is 4.94. The van der Waals surface area contributed by atoms with Crippen LogP contribution in [0.3, 0.4) is 0 Å². The molecule has 2 fully saturated rings. The van der Waals surface area contributed by atoms with Gasteiger partial charge in [-0.15, -0.1) is 0 Å². The zero-order chi connectivity index (χ0) is 31.7. The van der Waals surface area contributed by atoms with Crippen LogP contribution in [0.25, 0.3) is 0 Å². The lowest BCUT2D eigenvalue weighted by Gasteiger charge is -2.39. The summed E-state index contributed by atoms with van der Waals surface area (Å²) in [5, 5.41) is 6.80. The molecule has 0 spiro atoms. The minimum atomic E-state index is -0.589. The summed E-state index contributed by atoms with van der Waals surface area (Å²) in [6, 6.07) is 12.0. The van der Waals surface area contributed by atoms with Crippen molar-refractivity contribution in [1.82, 2.24) is 19.8 Å². The number of piperazine rings is 1. The molecule has 3 aliphatic heterocycles. The number of methoxy groups -OCH3 is 1. The molecule has 6 rings (SSSR count). The summed E-state index contributed by atoms with van der Waals surface area (Å²) >= 11 is 6.53. The Kier molecular flexibility index (Phi) is 8.88. The SMILES string of the molecule is COc1cc(N2CCN(C(=O)C3CCN(C)CC3)CC2)ccc1Nc1ncc(Cl)c(CCc2cccc3c2C(C)(C)C(=O)N3)n1. The quantitative estimate of drug-likeness (QED) is 0.363. The van der Waals surface area contributed by atoms with E-state index in [0.29, 0.717) is 35.5 Å². The number of benzene rings is 2. The Bertz CT molecular complexity index is 1580. The van der Waals surface area contributed by atoms with E-state index in [4.69, 9.17) is 21.3 Å². The predicted molar refractivity (Wildman–Crippen MR) is 178 cm³/mol. The summed E-state index contributed by atoms with van der Waals surface area (Å²) in [7, 11) is 3.77. The first kappa shape index (κ1) is 31.1. The van der Waals surface area contributed by atoms with Crippen LogP contribution in [0.2, 0.25) is 5.02 Å².